The van der Waals surface area contributed by atoms with E-state index in [9.17, 15) is 4.79 Å². The summed E-state index contributed by atoms with van der Waals surface area (Å²) in [6.45, 7) is 7.36. The normalized spacial score (nSPS) is 21.4. The van der Waals surface area contributed by atoms with Crippen molar-refractivity contribution in [3.63, 3.8) is 0 Å². The first-order valence-corrected chi connectivity index (χ1v) is 11.0. The monoisotopic (exact) mass is 414 g/mol. The molecule has 0 spiro atoms. The lowest BCUT2D eigenvalue weighted by atomic mass is 9.93. The number of aryl methyl sites for hydroxylation is 1. The van der Waals surface area contributed by atoms with E-state index in [1.54, 1.807) is 0 Å². The van der Waals surface area contributed by atoms with Gasteiger partial charge < -0.3 is 28.7 Å². The number of carbonyl (C=O) groups is 1. The molecule has 5 rings (SSSR count). The van der Waals surface area contributed by atoms with E-state index in [2.05, 4.69) is 20.5 Å². The largest absolute Gasteiger partial charge is 0.378 e. The number of nitrogens with zero attached hydrogens (tertiary/aromatic N) is 6. The first-order chi connectivity index (χ1) is 14.7. The number of imidazole rings is 1. The average molecular weight is 415 g/mol. The van der Waals surface area contributed by atoms with Gasteiger partial charge in [-0.15, -0.1) is 0 Å². The molecular weight excluding hydrogens is 384 g/mol. The lowest BCUT2D eigenvalue weighted by Crippen LogP contribution is -2.50. The van der Waals surface area contributed by atoms with Crippen molar-refractivity contribution in [3.05, 3.63) is 18.1 Å². The summed E-state index contributed by atoms with van der Waals surface area (Å²) in [7, 11) is 2.03. The Morgan fingerprint density at radius 3 is 2.30 bits per heavy atom. The molecule has 0 saturated carbocycles. The number of piperidine rings is 1. The number of urea groups is 1. The third-order valence-corrected chi connectivity index (χ3v) is 6.49. The molecule has 0 radical (unpaired) electrons. The Labute approximate surface area is 176 Å². The molecule has 2 aromatic heterocycles. The Morgan fingerprint density at radius 2 is 1.60 bits per heavy atom. The van der Waals surface area contributed by atoms with Crippen LogP contribution in [0.25, 0.3) is 11.0 Å². The third-order valence-electron chi connectivity index (χ3n) is 6.49. The Morgan fingerprint density at radius 1 is 0.967 bits per heavy atom. The SMILES string of the molecule is Cn1cnc2c(N3CCOCC3)nc(C3CCN(C(=O)N4CCOCC4)CC3)cc21. The van der Waals surface area contributed by atoms with E-state index in [1.807, 2.05) is 23.2 Å². The van der Waals surface area contributed by atoms with Crippen molar-refractivity contribution in [3.8, 4) is 0 Å². The van der Waals surface area contributed by atoms with Gasteiger partial charge in [0.05, 0.1) is 38.3 Å². The van der Waals surface area contributed by atoms with Crippen molar-refractivity contribution in [2.24, 2.45) is 7.05 Å². The number of pyridine rings is 1. The molecule has 0 aromatic carbocycles. The van der Waals surface area contributed by atoms with Gasteiger partial charge in [-0.2, -0.15) is 0 Å². The van der Waals surface area contributed by atoms with Crippen LogP contribution in [0.3, 0.4) is 0 Å². The fraction of sp³-hybridized carbons (Fsp3) is 0.667. The van der Waals surface area contributed by atoms with Crippen molar-refractivity contribution in [2.45, 2.75) is 18.8 Å². The molecule has 0 aliphatic carbocycles. The van der Waals surface area contributed by atoms with Crippen LogP contribution in [0.15, 0.2) is 12.4 Å². The number of hydrogen-bond acceptors (Lipinski definition) is 6. The summed E-state index contributed by atoms with van der Waals surface area (Å²) in [6, 6.07) is 2.34. The number of likely N-dealkylation sites (tertiary alicyclic amines) is 1. The third kappa shape index (κ3) is 3.72. The highest BCUT2D eigenvalue weighted by Crippen LogP contribution is 2.33. The Balaban J connectivity index is 1.34. The number of anilines is 1. The second-order valence-electron chi connectivity index (χ2n) is 8.34. The quantitative estimate of drug-likeness (QED) is 0.740. The lowest BCUT2D eigenvalue weighted by molar-refractivity contribution is 0.0411. The summed E-state index contributed by atoms with van der Waals surface area (Å²) in [5.41, 5.74) is 3.20. The highest BCUT2D eigenvalue weighted by Gasteiger charge is 2.29. The van der Waals surface area contributed by atoms with E-state index in [1.165, 1.54) is 0 Å². The highest BCUT2D eigenvalue weighted by molar-refractivity contribution is 5.87. The number of morpholine rings is 2. The van der Waals surface area contributed by atoms with Crippen LogP contribution in [0, 0.1) is 0 Å². The highest BCUT2D eigenvalue weighted by atomic mass is 16.5. The van der Waals surface area contributed by atoms with Crippen molar-refractivity contribution in [2.75, 3.05) is 70.6 Å². The zero-order chi connectivity index (χ0) is 20.5. The van der Waals surface area contributed by atoms with Crippen LogP contribution in [-0.2, 0) is 16.5 Å². The van der Waals surface area contributed by atoms with E-state index < -0.39 is 0 Å². The van der Waals surface area contributed by atoms with E-state index in [0.29, 0.717) is 32.2 Å². The second kappa shape index (κ2) is 8.39. The molecule has 0 bridgehead atoms. The van der Waals surface area contributed by atoms with Crippen LogP contribution < -0.4 is 4.90 Å². The van der Waals surface area contributed by atoms with Crippen molar-refractivity contribution < 1.29 is 14.3 Å². The number of carbonyl (C=O) groups excluding carboxylic acids is 1. The summed E-state index contributed by atoms with van der Waals surface area (Å²) in [5.74, 6) is 1.33. The topological polar surface area (TPSA) is 76.0 Å². The molecule has 3 saturated heterocycles. The van der Waals surface area contributed by atoms with Gasteiger partial charge >= 0.3 is 6.03 Å². The van der Waals surface area contributed by atoms with Gasteiger partial charge in [0.1, 0.15) is 5.52 Å². The summed E-state index contributed by atoms with van der Waals surface area (Å²) < 4.78 is 13.0. The molecule has 3 aliphatic rings. The molecule has 0 atom stereocenters. The van der Waals surface area contributed by atoms with Gasteiger partial charge in [0.2, 0.25) is 0 Å². The molecule has 3 aliphatic heterocycles. The van der Waals surface area contributed by atoms with Crippen LogP contribution in [0.4, 0.5) is 10.6 Å². The number of hydrogen-bond donors (Lipinski definition) is 0. The molecule has 2 aromatic rings. The van der Waals surface area contributed by atoms with Gasteiger partial charge in [0.25, 0.3) is 0 Å². The minimum Gasteiger partial charge on any atom is -0.378 e. The molecule has 9 heteroatoms. The molecule has 3 fully saturated rings. The summed E-state index contributed by atoms with van der Waals surface area (Å²) in [6.07, 6.45) is 3.74. The summed E-state index contributed by atoms with van der Waals surface area (Å²) >= 11 is 0. The predicted octanol–water partition coefficient (Wildman–Crippen LogP) is 1.44. The maximum atomic E-state index is 12.8. The minimum absolute atomic E-state index is 0.154. The number of amides is 2. The first kappa shape index (κ1) is 19.6. The van der Waals surface area contributed by atoms with Crippen molar-refractivity contribution >= 4 is 22.9 Å². The van der Waals surface area contributed by atoms with Crippen molar-refractivity contribution in [1.29, 1.82) is 0 Å². The fourth-order valence-corrected chi connectivity index (χ4v) is 4.66. The molecule has 0 unspecified atom stereocenters. The summed E-state index contributed by atoms with van der Waals surface area (Å²) in [4.78, 5) is 28.7. The molecule has 9 nitrogen and oxygen atoms in total. The van der Waals surface area contributed by atoms with Gasteiger partial charge in [-0.3, -0.25) is 0 Å². The minimum atomic E-state index is 0.154. The van der Waals surface area contributed by atoms with Crippen LogP contribution in [-0.4, -0.2) is 96.1 Å². The standard InChI is InChI=1S/C21H30N6O3/c1-24-15-22-19-18(24)14-17(23-20(19)25-6-10-29-11-7-25)16-2-4-26(5-3-16)21(28)27-8-12-30-13-9-27/h14-16H,2-13H2,1H3. The lowest BCUT2D eigenvalue weighted by Gasteiger charge is -2.37. The molecule has 30 heavy (non-hydrogen) atoms. The number of rotatable bonds is 2. The van der Waals surface area contributed by atoms with E-state index in [0.717, 1.165) is 74.8 Å². The Kier molecular flexibility index (Phi) is 5.47. The van der Waals surface area contributed by atoms with Gasteiger partial charge in [0, 0.05) is 57.9 Å². The number of aromatic nitrogens is 3. The molecule has 5 heterocycles. The Hall–Kier alpha value is -2.39. The van der Waals surface area contributed by atoms with Gasteiger partial charge in [-0.05, 0) is 18.9 Å². The molecule has 162 valence electrons. The van der Waals surface area contributed by atoms with Crippen LogP contribution in [0.2, 0.25) is 0 Å². The van der Waals surface area contributed by atoms with Gasteiger partial charge in [-0.1, -0.05) is 0 Å². The number of fused-ring (bicyclic) bond motifs is 1. The average Bonchev–Trinajstić information content (AvgIpc) is 3.20. The Bertz CT molecular complexity index is 896. The van der Waals surface area contributed by atoms with E-state index >= 15 is 0 Å². The van der Waals surface area contributed by atoms with Gasteiger partial charge in [0.15, 0.2) is 5.82 Å². The smallest absolute Gasteiger partial charge is 0.320 e. The van der Waals surface area contributed by atoms with Crippen LogP contribution >= 0.6 is 0 Å². The first-order valence-electron chi connectivity index (χ1n) is 11.0. The predicted molar refractivity (Wildman–Crippen MR) is 113 cm³/mol. The maximum Gasteiger partial charge on any atom is 0.320 e. The van der Waals surface area contributed by atoms with E-state index in [-0.39, 0.29) is 6.03 Å². The molecule has 2 amide bonds. The fourth-order valence-electron chi connectivity index (χ4n) is 4.66. The molecular formula is C21H30N6O3. The summed E-state index contributed by atoms with van der Waals surface area (Å²) in [5, 5.41) is 0. The van der Waals surface area contributed by atoms with Crippen LogP contribution in [0.5, 0.6) is 0 Å². The van der Waals surface area contributed by atoms with Crippen LogP contribution in [0.1, 0.15) is 24.5 Å². The van der Waals surface area contributed by atoms with Gasteiger partial charge in [-0.25, -0.2) is 14.8 Å². The number of ether oxygens (including phenoxy) is 2. The second-order valence-corrected chi connectivity index (χ2v) is 8.34. The zero-order valence-corrected chi connectivity index (χ0v) is 17.6. The van der Waals surface area contributed by atoms with Crippen molar-refractivity contribution in [1.82, 2.24) is 24.3 Å². The zero-order valence-electron chi connectivity index (χ0n) is 17.6. The molecule has 0 N–H and O–H groups in total. The van der Waals surface area contributed by atoms with E-state index in [4.69, 9.17) is 14.5 Å². The maximum absolute atomic E-state index is 12.8.